The summed E-state index contributed by atoms with van der Waals surface area (Å²) in [6, 6.07) is 8.97. The Bertz CT molecular complexity index is 584. The van der Waals surface area contributed by atoms with Crippen LogP contribution >= 0.6 is 0 Å². The number of nitrogens with one attached hydrogen (secondary N) is 1. The van der Waals surface area contributed by atoms with Gasteiger partial charge < -0.3 is 15.2 Å². The van der Waals surface area contributed by atoms with Crippen LogP contribution < -0.4 is 15.2 Å². The highest BCUT2D eigenvalue weighted by Crippen LogP contribution is 2.32. The van der Waals surface area contributed by atoms with Crippen LogP contribution in [0.4, 0.5) is 0 Å². The molecule has 1 aromatic heterocycles. The number of hydrogen-bond donors (Lipinski definition) is 2. The lowest BCUT2D eigenvalue weighted by molar-refractivity contribution is 0.321. The minimum absolute atomic E-state index is 0.0636. The first-order chi connectivity index (χ1) is 9.22. The normalized spacial score (nSPS) is 9.95. The topological polar surface area (TPSA) is 81.2 Å². The molecule has 0 aliphatic heterocycles. The van der Waals surface area contributed by atoms with E-state index in [9.17, 15) is 0 Å². The number of para-hydroxylation sites is 2. The molecule has 0 saturated carbocycles. The minimum Gasteiger partial charge on any atom is -0.490 e. The molecule has 0 atom stereocenters. The largest absolute Gasteiger partial charge is 0.490 e. The third-order valence-corrected chi connectivity index (χ3v) is 2.44. The van der Waals surface area contributed by atoms with Gasteiger partial charge in [0.1, 0.15) is 5.84 Å². The molecule has 5 nitrogen and oxygen atoms in total. The van der Waals surface area contributed by atoms with Gasteiger partial charge in [-0.25, -0.2) is 0 Å². The van der Waals surface area contributed by atoms with Crippen LogP contribution in [0.3, 0.4) is 0 Å². The van der Waals surface area contributed by atoms with Crippen LogP contribution in [0, 0.1) is 5.41 Å². The molecular weight excluding hydrogens is 242 g/mol. The number of hydrogen-bond acceptors (Lipinski definition) is 4. The van der Waals surface area contributed by atoms with Crippen molar-refractivity contribution in [1.82, 2.24) is 4.98 Å². The van der Waals surface area contributed by atoms with Gasteiger partial charge in [0, 0.05) is 6.20 Å². The summed E-state index contributed by atoms with van der Waals surface area (Å²) in [6.45, 7) is 2.45. The lowest BCUT2D eigenvalue weighted by Crippen LogP contribution is -2.12. The monoisotopic (exact) mass is 257 g/mol. The fraction of sp³-hybridized carbons (Fsp3) is 0.143. The Labute approximate surface area is 111 Å². The first-order valence-electron chi connectivity index (χ1n) is 5.90. The van der Waals surface area contributed by atoms with Crippen molar-refractivity contribution in [2.75, 3.05) is 6.61 Å². The fourth-order valence-electron chi connectivity index (χ4n) is 1.61. The van der Waals surface area contributed by atoms with E-state index >= 15 is 0 Å². The molecule has 19 heavy (non-hydrogen) atoms. The van der Waals surface area contributed by atoms with E-state index in [2.05, 4.69) is 4.98 Å². The molecule has 0 radical (unpaired) electrons. The van der Waals surface area contributed by atoms with E-state index in [1.165, 1.54) is 6.20 Å². The van der Waals surface area contributed by atoms with E-state index in [0.717, 1.165) is 0 Å². The molecule has 2 aromatic rings. The van der Waals surface area contributed by atoms with Crippen molar-refractivity contribution < 1.29 is 9.47 Å². The summed E-state index contributed by atoms with van der Waals surface area (Å²) in [5.74, 6) is 1.58. The van der Waals surface area contributed by atoms with Crippen molar-refractivity contribution in [3.8, 4) is 17.2 Å². The summed E-state index contributed by atoms with van der Waals surface area (Å²) < 4.78 is 11.2. The Morgan fingerprint density at radius 1 is 1.21 bits per heavy atom. The Morgan fingerprint density at radius 2 is 1.95 bits per heavy atom. The van der Waals surface area contributed by atoms with Crippen molar-refractivity contribution in [1.29, 1.82) is 5.41 Å². The SMILES string of the molecule is CCOc1ccccc1Oc1cnccc1C(=N)N. The van der Waals surface area contributed by atoms with E-state index < -0.39 is 0 Å². The van der Waals surface area contributed by atoms with Crippen LogP contribution in [0.1, 0.15) is 12.5 Å². The molecule has 5 heteroatoms. The second-order valence-corrected chi connectivity index (χ2v) is 3.77. The summed E-state index contributed by atoms with van der Waals surface area (Å²) in [7, 11) is 0. The summed E-state index contributed by atoms with van der Waals surface area (Å²) >= 11 is 0. The van der Waals surface area contributed by atoms with Gasteiger partial charge in [-0.3, -0.25) is 10.4 Å². The lowest BCUT2D eigenvalue weighted by Gasteiger charge is -2.13. The second kappa shape index (κ2) is 5.86. The molecular formula is C14H15N3O2. The van der Waals surface area contributed by atoms with Crippen LogP contribution in [-0.4, -0.2) is 17.4 Å². The zero-order chi connectivity index (χ0) is 13.7. The standard InChI is InChI=1S/C14H15N3O2/c1-2-18-11-5-3-4-6-12(11)19-13-9-17-8-7-10(13)14(15)16/h3-9H,2H2,1H3,(H3,15,16). The average Bonchev–Trinajstić information content (AvgIpc) is 2.42. The summed E-state index contributed by atoms with van der Waals surface area (Å²) in [4.78, 5) is 3.98. The molecule has 0 saturated heterocycles. The molecule has 3 N–H and O–H groups in total. The van der Waals surface area contributed by atoms with E-state index in [1.807, 2.05) is 25.1 Å². The van der Waals surface area contributed by atoms with Crippen LogP contribution in [0.25, 0.3) is 0 Å². The Hall–Kier alpha value is -2.56. The predicted octanol–water partition coefficient (Wildman–Crippen LogP) is 2.56. The molecule has 0 unspecified atom stereocenters. The highest BCUT2D eigenvalue weighted by atomic mass is 16.5. The van der Waals surface area contributed by atoms with Crippen molar-refractivity contribution in [3.05, 3.63) is 48.3 Å². The quantitative estimate of drug-likeness (QED) is 0.637. The Balaban J connectivity index is 2.34. The third kappa shape index (κ3) is 3.01. The van der Waals surface area contributed by atoms with Gasteiger partial charge in [0.05, 0.1) is 18.4 Å². The number of amidine groups is 1. The molecule has 0 aliphatic carbocycles. The van der Waals surface area contributed by atoms with Crippen molar-refractivity contribution in [2.24, 2.45) is 5.73 Å². The molecule has 0 aliphatic rings. The van der Waals surface area contributed by atoms with Gasteiger partial charge in [0.15, 0.2) is 17.2 Å². The molecule has 1 heterocycles. The van der Waals surface area contributed by atoms with E-state index in [0.29, 0.717) is 29.4 Å². The number of rotatable bonds is 5. The van der Waals surface area contributed by atoms with Gasteiger partial charge in [0.2, 0.25) is 0 Å². The van der Waals surface area contributed by atoms with Crippen LogP contribution in [0.15, 0.2) is 42.7 Å². The first-order valence-corrected chi connectivity index (χ1v) is 5.90. The number of ether oxygens (including phenoxy) is 2. The Kier molecular flexibility index (Phi) is 3.97. The van der Waals surface area contributed by atoms with E-state index in [1.54, 1.807) is 18.3 Å². The molecule has 98 valence electrons. The fourth-order valence-corrected chi connectivity index (χ4v) is 1.61. The maximum absolute atomic E-state index is 7.52. The second-order valence-electron chi connectivity index (χ2n) is 3.77. The smallest absolute Gasteiger partial charge is 0.169 e. The highest BCUT2D eigenvalue weighted by molar-refractivity contribution is 5.97. The van der Waals surface area contributed by atoms with Crippen molar-refractivity contribution in [3.63, 3.8) is 0 Å². The molecule has 0 spiro atoms. The van der Waals surface area contributed by atoms with Crippen molar-refractivity contribution in [2.45, 2.75) is 6.92 Å². The molecule has 0 bridgehead atoms. The molecule has 1 aromatic carbocycles. The number of aromatic nitrogens is 1. The zero-order valence-corrected chi connectivity index (χ0v) is 10.6. The van der Waals surface area contributed by atoms with Gasteiger partial charge >= 0.3 is 0 Å². The number of pyridine rings is 1. The summed E-state index contributed by atoms with van der Waals surface area (Å²) in [6.07, 6.45) is 3.09. The van der Waals surface area contributed by atoms with E-state index in [4.69, 9.17) is 20.6 Å². The van der Waals surface area contributed by atoms with E-state index in [-0.39, 0.29) is 5.84 Å². The Morgan fingerprint density at radius 3 is 2.63 bits per heavy atom. The van der Waals surface area contributed by atoms with Gasteiger partial charge in [-0.1, -0.05) is 12.1 Å². The number of nitrogens with zero attached hydrogens (tertiary/aromatic N) is 1. The predicted molar refractivity (Wildman–Crippen MR) is 72.9 cm³/mol. The highest BCUT2D eigenvalue weighted by Gasteiger charge is 2.10. The number of nitrogen functional groups attached to an aromatic ring is 1. The number of benzene rings is 1. The first kappa shape index (κ1) is 12.9. The molecule has 2 rings (SSSR count). The van der Waals surface area contributed by atoms with Gasteiger partial charge in [-0.2, -0.15) is 0 Å². The number of nitrogens with two attached hydrogens (primary N) is 1. The van der Waals surface area contributed by atoms with Gasteiger partial charge in [0.25, 0.3) is 0 Å². The zero-order valence-electron chi connectivity index (χ0n) is 10.6. The van der Waals surface area contributed by atoms with Crippen molar-refractivity contribution >= 4 is 5.84 Å². The maximum atomic E-state index is 7.52. The summed E-state index contributed by atoms with van der Waals surface area (Å²) in [5, 5.41) is 7.52. The molecule has 0 fully saturated rings. The van der Waals surface area contributed by atoms with Gasteiger partial charge in [-0.15, -0.1) is 0 Å². The summed E-state index contributed by atoms with van der Waals surface area (Å²) in [5.41, 5.74) is 6.01. The van der Waals surface area contributed by atoms with Crippen LogP contribution in [0.5, 0.6) is 17.2 Å². The lowest BCUT2D eigenvalue weighted by atomic mass is 10.2. The van der Waals surface area contributed by atoms with Crippen LogP contribution in [0.2, 0.25) is 0 Å². The third-order valence-electron chi connectivity index (χ3n) is 2.44. The maximum Gasteiger partial charge on any atom is 0.169 e. The average molecular weight is 257 g/mol. The molecule has 0 amide bonds. The van der Waals surface area contributed by atoms with Gasteiger partial charge in [-0.05, 0) is 25.1 Å². The minimum atomic E-state index is -0.0636. The van der Waals surface area contributed by atoms with Crippen LogP contribution in [-0.2, 0) is 0 Å².